The van der Waals surface area contributed by atoms with Crippen molar-refractivity contribution >= 4 is 17.8 Å². The largest absolute Gasteiger partial charge is 0.479 e. The Morgan fingerprint density at radius 1 is 1.19 bits per heavy atom. The zero-order chi connectivity index (χ0) is 18.8. The molecule has 1 heterocycles. The van der Waals surface area contributed by atoms with Crippen molar-refractivity contribution in [3.05, 3.63) is 35.9 Å². The first-order chi connectivity index (χ1) is 12.4. The highest BCUT2D eigenvalue weighted by Crippen LogP contribution is 2.51. The SMILES string of the molecule is CCC1(C(=O)O)CC2(CCC(=O)CC2)CN1C(=O)OCc1ccccc1. The van der Waals surface area contributed by atoms with Crippen molar-refractivity contribution in [3.8, 4) is 0 Å². The van der Waals surface area contributed by atoms with Crippen LogP contribution in [0, 0.1) is 5.41 Å². The third-order valence-corrected chi connectivity index (χ3v) is 5.95. The van der Waals surface area contributed by atoms with Crippen molar-refractivity contribution in [2.75, 3.05) is 6.54 Å². The van der Waals surface area contributed by atoms with E-state index >= 15 is 0 Å². The quantitative estimate of drug-likeness (QED) is 0.891. The van der Waals surface area contributed by atoms with Gasteiger partial charge in [0.2, 0.25) is 0 Å². The number of nitrogens with zero attached hydrogens (tertiary/aromatic N) is 1. The summed E-state index contributed by atoms with van der Waals surface area (Å²) < 4.78 is 5.43. The summed E-state index contributed by atoms with van der Waals surface area (Å²) in [7, 11) is 0. The number of rotatable bonds is 4. The van der Waals surface area contributed by atoms with Gasteiger partial charge >= 0.3 is 12.1 Å². The van der Waals surface area contributed by atoms with Gasteiger partial charge < -0.3 is 9.84 Å². The number of carboxylic acid groups (broad SMARTS) is 1. The molecule has 1 aliphatic heterocycles. The first-order valence-electron chi connectivity index (χ1n) is 9.14. The number of hydrogen-bond acceptors (Lipinski definition) is 4. The van der Waals surface area contributed by atoms with Crippen molar-refractivity contribution in [3.63, 3.8) is 0 Å². The van der Waals surface area contributed by atoms with Crippen LogP contribution in [0.25, 0.3) is 0 Å². The lowest BCUT2D eigenvalue weighted by molar-refractivity contribution is -0.149. The summed E-state index contributed by atoms with van der Waals surface area (Å²) in [6.45, 7) is 2.24. The van der Waals surface area contributed by atoms with E-state index in [1.165, 1.54) is 4.90 Å². The van der Waals surface area contributed by atoms with Crippen LogP contribution in [0.1, 0.15) is 51.0 Å². The summed E-state index contributed by atoms with van der Waals surface area (Å²) in [5.41, 5.74) is -0.696. The topological polar surface area (TPSA) is 83.9 Å². The predicted octanol–water partition coefficient (Wildman–Crippen LogP) is 3.39. The van der Waals surface area contributed by atoms with E-state index in [1.54, 1.807) is 6.92 Å². The maximum Gasteiger partial charge on any atom is 0.411 e. The van der Waals surface area contributed by atoms with E-state index in [9.17, 15) is 19.5 Å². The number of carbonyl (C=O) groups is 3. The van der Waals surface area contributed by atoms with Gasteiger partial charge in [-0.1, -0.05) is 37.3 Å². The zero-order valence-electron chi connectivity index (χ0n) is 15.1. The molecule has 0 bridgehead atoms. The summed E-state index contributed by atoms with van der Waals surface area (Å²) in [5.74, 6) is -0.774. The standard InChI is InChI=1S/C20H25NO5/c1-2-20(17(23)24)13-19(10-8-16(22)9-11-19)14-21(20)18(25)26-12-15-6-4-3-5-7-15/h3-7H,2,8-14H2,1H3,(H,23,24). The van der Waals surface area contributed by atoms with Crippen molar-refractivity contribution < 1.29 is 24.2 Å². The molecule has 1 aromatic carbocycles. The molecular formula is C20H25NO5. The van der Waals surface area contributed by atoms with Crippen LogP contribution in [0.2, 0.25) is 0 Å². The fraction of sp³-hybridized carbons (Fsp3) is 0.550. The summed E-state index contributed by atoms with van der Waals surface area (Å²) in [6.07, 6.45) is 2.33. The molecule has 1 aliphatic carbocycles. The van der Waals surface area contributed by atoms with Crippen molar-refractivity contribution in [1.82, 2.24) is 4.90 Å². The van der Waals surface area contributed by atoms with Gasteiger partial charge in [-0.05, 0) is 36.7 Å². The molecule has 1 saturated heterocycles. The minimum atomic E-state index is -1.26. The predicted molar refractivity (Wildman–Crippen MR) is 94.5 cm³/mol. The molecule has 140 valence electrons. The highest BCUT2D eigenvalue weighted by molar-refractivity contribution is 5.86. The maximum atomic E-state index is 12.8. The number of amides is 1. The Labute approximate surface area is 153 Å². The van der Waals surface area contributed by atoms with E-state index in [0.29, 0.717) is 45.1 Å². The van der Waals surface area contributed by atoms with Crippen LogP contribution in [0.5, 0.6) is 0 Å². The average molecular weight is 359 g/mol. The van der Waals surface area contributed by atoms with Gasteiger partial charge in [0.1, 0.15) is 17.9 Å². The molecule has 1 saturated carbocycles. The second-order valence-electron chi connectivity index (χ2n) is 7.53. The molecule has 1 amide bonds. The van der Waals surface area contributed by atoms with Crippen molar-refractivity contribution in [1.29, 1.82) is 0 Å². The number of carbonyl (C=O) groups excluding carboxylic acids is 2. The van der Waals surface area contributed by atoms with E-state index in [1.807, 2.05) is 30.3 Å². The Morgan fingerprint density at radius 3 is 2.42 bits per heavy atom. The van der Waals surface area contributed by atoms with Crippen LogP contribution < -0.4 is 0 Å². The van der Waals surface area contributed by atoms with Crippen LogP contribution in [-0.4, -0.2) is 39.9 Å². The number of Topliss-reactive ketones (excluding diaryl/α,β-unsaturated/α-hetero) is 1. The van der Waals surface area contributed by atoms with Crippen molar-refractivity contribution in [2.45, 2.75) is 57.6 Å². The van der Waals surface area contributed by atoms with Gasteiger partial charge in [-0.2, -0.15) is 0 Å². The Bertz CT molecular complexity index is 691. The third-order valence-electron chi connectivity index (χ3n) is 5.95. The second-order valence-corrected chi connectivity index (χ2v) is 7.53. The molecule has 6 heteroatoms. The van der Waals surface area contributed by atoms with Gasteiger partial charge in [-0.15, -0.1) is 0 Å². The van der Waals surface area contributed by atoms with Crippen LogP contribution in [0.4, 0.5) is 4.79 Å². The van der Waals surface area contributed by atoms with E-state index in [2.05, 4.69) is 0 Å². The molecule has 3 rings (SSSR count). The van der Waals surface area contributed by atoms with Crippen molar-refractivity contribution in [2.24, 2.45) is 5.41 Å². The van der Waals surface area contributed by atoms with Gasteiger partial charge in [0.15, 0.2) is 0 Å². The third kappa shape index (κ3) is 3.32. The number of hydrogen-bond donors (Lipinski definition) is 1. The van der Waals surface area contributed by atoms with Gasteiger partial charge in [0.05, 0.1) is 0 Å². The molecule has 26 heavy (non-hydrogen) atoms. The average Bonchev–Trinajstić information content (AvgIpc) is 2.99. The van der Waals surface area contributed by atoms with Crippen LogP contribution in [0.15, 0.2) is 30.3 Å². The second kappa shape index (κ2) is 7.09. The number of ether oxygens (including phenoxy) is 1. The lowest BCUT2D eigenvalue weighted by Crippen LogP contribution is -2.52. The molecule has 1 N–H and O–H groups in total. The smallest absolute Gasteiger partial charge is 0.411 e. The lowest BCUT2D eigenvalue weighted by Gasteiger charge is -2.33. The number of carboxylic acids is 1. The minimum Gasteiger partial charge on any atom is -0.479 e. The number of likely N-dealkylation sites (tertiary alicyclic amines) is 1. The molecule has 0 radical (unpaired) electrons. The highest BCUT2D eigenvalue weighted by Gasteiger charge is 2.59. The van der Waals surface area contributed by atoms with Gasteiger partial charge in [0.25, 0.3) is 0 Å². The Hall–Kier alpha value is -2.37. The molecule has 2 aliphatic rings. The van der Waals surface area contributed by atoms with Crippen LogP contribution in [-0.2, 0) is 20.9 Å². The fourth-order valence-electron chi connectivity index (χ4n) is 4.35. The summed E-state index contributed by atoms with van der Waals surface area (Å²) in [5, 5.41) is 9.92. The molecule has 1 spiro atoms. The van der Waals surface area contributed by atoms with Crippen LogP contribution >= 0.6 is 0 Å². The van der Waals surface area contributed by atoms with Crippen LogP contribution in [0.3, 0.4) is 0 Å². The summed E-state index contributed by atoms with van der Waals surface area (Å²) >= 11 is 0. The number of aliphatic carboxylic acids is 1. The molecule has 1 atom stereocenters. The fourth-order valence-corrected chi connectivity index (χ4v) is 4.35. The highest BCUT2D eigenvalue weighted by atomic mass is 16.6. The first kappa shape index (κ1) is 18.4. The molecule has 6 nitrogen and oxygen atoms in total. The van der Waals surface area contributed by atoms with Gasteiger partial charge in [-0.25, -0.2) is 9.59 Å². The monoisotopic (exact) mass is 359 g/mol. The normalized spacial score (nSPS) is 24.7. The molecular weight excluding hydrogens is 334 g/mol. The minimum absolute atomic E-state index is 0.112. The molecule has 1 aromatic rings. The Balaban J connectivity index is 1.79. The van der Waals surface area contributed by atoms with Gasteiger partial charge in [0, 0.05) is 19.4 Å². The van der Waals surface area contributed by atoms with E-state index in [0.717, 1.165) is 5.56 Å². The zero-order valence-corrected chi connectivity index (χ0v) is 15.1. The lowest BCUT2D eigenvalue weighted by atomic mass is 9.70. The van der Waals surface area contributed by atoms with E-state index in [4.69, 9.17) is 4.74 Å². The number of benzene rings is 1. The number of ketones is 1. The molecule has 0 aromatic heterocycles. The maximum absolute atomic E-state index is 12.8. The Morgan fingerprint density at radius 2 is 1.85 bits per heavy atom. The molecule has 2 fully saturated rings. The summed E-state index contributed by atoms with van der Waals surface area (Å²) in [6, 6.07) is 9.32. The molecule has 1 unspecified atom stereocenters. The Kier molecular flexibility index (Phi) is 5.03. The first-order valence-corrected chi connectivity index (χ1v) is 9.14. The van der Waals surface area contributed by atoms with E-state index in [-0.39, 0.29) is 17.8 Å². The summed E-state index contributed by atoms with van der Waals surface area (Å²) in [4.78, 5) is 37.9. The van der Waals surface area contributed by atoms with Gasteiger partial charge in [-0.3, -0.25) is 9.69 Å². The van der Waals surface area contributed by atoms with E-state index < -0.39 is 17.6 Å².